The van der Waals surface area contributed by atoms with Gasteiger partial charge in [0.05, 0.1) is 0 Å². The maximum atomic E-state index is 4.44. The Hall–Kier alpha value is -1.62. The lowest BCUT2D eigenvalue weighted by atomic mass is 10.1. The zero-order valence-electron chi connectivity index (χ0n) is 11.4. The molecule has 0 saturated heterocycles. The molecule has 0 spiro atoms. The van der Waals surface area contributed by atoms with Crippen molar-refractivity contribution in [2.75, 3.05) is 16.8 Å². The predicted molar refractivity (Wildman–Crippen MR) is 84.8 cm³/mol. The van der Waals surface area contributed by atoms with Crippen molar-refractivity contribution in [2.24, 2.45) is 0 Å². The van der Waals surface area contributed by atoms with Crippen LogP contribution in [-0.4, -0.2) is 16.5 Å². The highest BCUT2D eigenvalue weighted by Gasteiger charge is 2.22. The molecule has 1 aromatic carbocycles. The van der Waals surface area contributed by atoms with Crippen LogP contribution < -0.4 is 10.2 Å². The molecule has 0 amide bonds. The molecule has 0 aliphatic carbocycles. The summed E-state index contributed by atoms with van der Waals surface area (Å²) in [5.74, 6) is 1.82. The lowest BCUT2D eigenvalue weighted by Crippen LogP contribution is -2.17. The van der Waals surface area contributed by atoms with Crippen molar-refractivity contribution in [2.45, 2.75) is 26.4 Å². The van der Waals surface area contributed by atoms with Crippen LogP contribution in [0.2, 0.25) is 0 Å². The average Bonchev–Trinajstić information content (AvgIpc) is 2.90. The quantitative estimate of drug-likeness (QED) is 0.929. The molecule has 104 valence electrons. The summed E-state index contributed by atoms with van der Waals surface area (Å²) in [5, 5.41) is 3.32. The van der Waals surface area contributed by atoms with Gasteiger partial charge in [0.25, 0.3) is 0 Å². The highest BCUT2D eigenvalue weighted by Crippen LogP contribution is 2.34. The number of rotatable bonds is 4. The topological polar surface area (TPSA) is 41.1 Å². The van der Waals surface area contributed by atoms with Crippen LogP contribution >= 0.6 is 15.9 Å². The fourth-order valence-electron chi connectivity index (χ4n) is 2.43. The van der Waals surface area contributed by atoms with Crippen LogP contribution in [-0.2, 0) is 13.1 Å². The largest absolute Gasteiger partial charge is 0.369 e. The van der Waals surface area contributed by atoms with Gasteiger partial charge in [-0.05, 0) is 33.5 Å². The lowest BCUT2D eigenvalue weighted by molar-refractivity contribution is 0.845. The van der Waals surface area contributed by atoms with E-state index >= 15 is 0 Å². The van der Waals surface area contributed by atoms with E-state index in [2.05, 4.69) is 67.3 Å². The van der Waals surface area contributed by atoms with Gasteiger partial charge in [-0.2, -0.15) is 0 Å². The Morgan fingerprint density at radius 1 is 1.20 bits per heavy atom. The number of nitrogens with zero attached hydrogens (tertiary/aromatic N) is 3. The van der Waals surface area contributed by atoms with E-state index in [1.807, 2.05) is 0 Å². The van der Waals surface area contributed by atoms with Crippen LogP contribution in [0.4, 0.5) is 11.6 Å². The number of fused-ring (bicyclic) bond motifs is 1. The molecule has 0 atom stereocenters. The van der Waals surface area contributed by atoms with Crippen LogP contribution in [0.3, 0.4) is 0 Å². The van der Waals surface area contributed by atoms with E-state index in [9.17, 15) is 0 Å². The van der Waals surface area contributed by atoms with Gasteiger partial charge in [0.1, 0.15) is 22.4 Å². The molecule has 1 N–H and O–H groups in total. The van der Waals surface area contributed by atoms with Crippen molar-refractivity contribution in [3.05, 3.63) is 46.2 Å². The molecule has 5 heteroatoms. The van der Waals surface area contributed by atoms with Crippen LogP contribution in [0, 0.1) is 0 Å². The second-order valence-corrected chi connectivity index (χ2v) is 5.70. The van der Waals surface area contributed by atoms with Crippen LogP contribution in [0.5, 0.6) is 0 Å². The van der Waals surface area contributed by atoms with Gasteiger partial charge in [-0.15, -0.1) is 0 Å². The molecule has 2 heterocycles. The molecule has 20 heavy (non-hydrogen) atoms. The minimum Gasteiger partial charge on any atom is -0.369 e. The molecule has 4 nitrogen and oxygen atoms in total. The third-order valence-corrected chi connectivity index (χ3v) is 4.18. The van der Waals surface area contributed by atoms with Gasteiger partial charge in [0.2, 0.25) is 0 Å². The molecule has 0 fully saturated rings. The molecule has 0 saturated carbocycles. The smallest absolute Gasteiger partial charge is 0.149 e. The summed E-state index contributed by atoms with van der Waals surface area (Å²) in [7, 11) is 0. The van der Waals surface area contributed by atoms with Crippen molar-refractivity contribution in [1.82, 2.24) is 9.97 Å². The third kappa shape index (κ3) is 2.50. The Morgan fingerprint density at radius 3 is 2.55 bits per heavy atom. The van der Waals surface area contributed by atoms with E-state index in [1.165, 1.54) is 11.1 Å². The second-order valence-electron chi connectivity index (χ2n) is 4.91. The first kappa shape index (κ1) is 13.4. The van der Waals surface area contributed by atoms with Gasteiger partial charge in [-0.3, -0.25) is 0 Å². The van der Waals surface area contributed by atoms with Crippen molar-refractivity contribution in [1.29, 1.82) is 0 Å². The van der Waals surface area contributed by atoms with E-state index in [-0.39, 0.29) is 0 Å². The van der Waals surface area contributed by atoms with Crippen LogP contribution in [0.1, 0.15) is 24.5 Å². The minimum absolute atomic E-state index is 0.868. The number of aromatic nitrogens is 2. The number of hydrogen-bond donors (Lipinski definition) is 1. The number of hydrogen-bond acceptors (Lipinski definition) is 4. The van der Waals surface area contributed by atoms with Gasteiger partial charge >= 0.3 is 0 Å². The fourth-order valence-corrected chi connectivity index (χ4v) is 3.03. The average molecular weight is 333 g/mol. The molecule has 1 aromatic heterocycles. The predicted octanol–water partition coefficient (Wildman–Crippen LogP) is 3.58. The summed E-state index contributed by atoms with van der Waals surface area (Å²) in [4.78, 5) is 11.0. The summed E-state index contributed by atoms with van der Waals surface area (Å²) >= 11 is 3.64. The maximum Gasteiger partial charge on any atom is 0.149 e. The van der Waals surface area contributed by atoms with Gasteiger partial charge in [-0.25, -0.2) is 9.97 Å². The Balaban J connectivity index is 1.85. The van der Waals surface area contributed by atoms with E-state index in [4.69, 9.17) is 0 Å². The van der Waals surface area contributed by atoms with Crippen LogP contribution in [0.25, 0.3) is 0 Å². The van der Waals surface area contributed by atoms with E-state index < -0.39 is 0 Å². The summed E-state index contributed by atoms with van der Waals surface area (Å²) in [5.41, 5.74) is 2.75. The van der Waals surface area contributed by atoms with E-state index in [0.717, 1.165) is 42.2 Å². The summed E-state index contributed by atoms with van der Waals surface area (Å²) in [6.07, 6.45) is 2.70. The Kier molecular flexibility index (Phi) is 3.87. The SMILES string of the molecule is CCCNc1ncnc(N2Cc3ccccc3C2)c1Br. The Bertz CT molecular complexity index is 590. The molecular weight excluding hydrogens is 316 g/mol. The number of anilines is 2. The third-order valence-electron chi connectivity index (χ3n) is 3.45. The molecule has 3 rings (SSSR count). The first-order valence-corrected chi connectivity index (χ1v) is 7.65. The molecule has 2 aromatic rings. The zero-order valence-corrected chi connectivity index (χ0v) is 13.0. The zero-order chi connectivity index (χ0) is 13.9. The van der Waals surface area contributed by atoms with Crippen molar-refractivity contribution in [3.8, 4) is 0 Å². The summed E-state index contributed by atoms with van der Waals surface area (Å²) in [6, 6.07) is 8.54. The van der Waals surface area contributed by atoms with Gasteiger partial charge < -0.3 is 10.2 Å². The number of halogens is 1. The summed E-state index contributed by atoms with van der Waals surface area (Å²) < 4.78 is 0.946. The fraction of sp³-hybridized carbons (Fsp3) is 0.333. The van der Waals surface area contributed by atoms with Crippen molar-refractivity contribution in [3.63, 3.8) is 0 Å². The van der Waals surface area contributed by atoms with Gasteiger partial charge in [-0.1, -0.05) is 31.2 Å². The Morgan fingerprint density at radius 2 is 1.90 bits per heavy atom. The van der Waals surface area contributed by atoms with Crippen LogP contribution in [0.15, 0.2) is 35.1 Å². The van der Waals surface area contributed by atoms with E-state index in [0.29, 0.717) is 0 Å². The highest BCUT2D eigenvalue weighted by molar-refractivity contribution is 9.10. The summed E-state index contributed by atoms with van der Waals surface area (Å²) in [6.45, 7) is 4.85. The molecule has 1 aliphatic rings. The monoisotopic (exact) mass is 332 g/mol. The molecule has 0 unspecified atom stereocenters. The second kappa shape index (κ2) is 5.79. The molecule has 0 radical (unpaired) electrons. The lowest BCUT2D eigenvalue weighted by Gasteiger charge is -2.19. The highest BCUT2D eigenvalue weighted by atomic mass is 79.9. The van der Waals surface area contributed by atoms with E-state index in [1.54, 1.807) is 6.33 Å². The molecular formula is C15H17BrN4. The minimum atomic E-state index is 0.868. The maximum absolute atomic E-state index is 4.44. The Labute approximate surface area is 127 Å². The van der Waals surface area contributed by atoms with Gasteiger partial charge in [0, 0.05) is 19.6 Å². The number of benzene rings is 1. The first-order valence-electron chi connectivity index (χ1n) is 6.85. The molecule has 1 aliphatic heterocycles. The van der Waals surface area contributed by atoms with Gasteiger partial charge in [0.15, 0.2) is 0 Å². The number of nitrogens with one attached hydrogen (secondary N) is 1. The van der Waals surface area contributed by atoms with Crippen molar-refractivity contribution < 1.29 is 0 Å². The van der Waals surface area contributed by atoms with Crippen molar-refractivity contribution >= 4 is 27.6 Å². The normalized spacial score (nSPS) is 13.4. The standard InChI is InChI=1S/C15H17BrN4/c1-2-7-17-14-13(16)15(19-10-18-14)20-8-11-5-3-4-6-12(11)9-20/h3-6,10H,2,7-9H2,1H3,(H,17,18,19). The first-order chi connectivity index (χ1) is 9.79. The molecule has 0 bridgehead atoms.